The number of hydrogen-bond acceptors (Lipinski definition) is 3. The van der Waals surface area contributed by atoms with Gasteiger partial charge in [-0.05, 0) is 26.7 Å². The van der Waals surface area contributed by atoms with Gasteiger partial charge in [0.25, 0.3) is 10.2 Å². The number of carboxylic acid groups (broad SMARTS) is 1. The first-order valence-corrected chi connectivity index (χ1v) is 6.68. The van der Waals surface area contributed by atoms with Crippen molar-refractivity contribution >= 4 is 16.2 Å². The van der Waals surface area contributed by atoms with Gasteiger partial charge in [-0.25, -0.2) is 0 Å². The highest BCUT2D eigenvalue weighted by Gasteiger charge is 2.32. The number of aliphatic carboxylic acids is 1. The molecule has 1 saturated heterocycles. The summed E-state index contributed by atoms with van der Waals surface area (Å²) in [6.45, 7) is 4.15. The van der Waals surface area contributed by atoms with Crippen molar-refractivity contribution in [2.45, 2.75) is 38.6 Å². The smallest absolute Gasteiger partial charge is 0.305 e. The summed E-state index contributed by atoms with van der Waals surface area (Å²) in [6.07, 6.45) is 1.49. The third kappa shape index (κ3) is 3.73. The third-order valence-electron chi connectivity index (χ3n) is 2.40. The van der Waals surface area contributed by atoms with Gasteiger partial charge in [0.05, 0.1) is 6.42 Å². The van der Waals surface area contributed by atoms with E-state index in [1.54, 1.807) is 13.8 Å². The van der Waals surface area contributed by atoms with Gasteiger partial charge in [-0.1, -0.05) is 0 Å². The minimum absolute atomic E-state index is 0.236. The Morgan fingerprint density at radius 3 is 2.31 bits per heavy atom. The molecule has 0 unspecified atom stereocenters. The molecule has 6 nitrogen and oxygen atoms in total. The highest BCUT2D eigenvalue weighted by molar-refractivity contribution is 7.87. The first kappa shape index (κ1) is 13.4. The van der Waals surface area contributed by atoms with Crippen molar-refractivity contribution in [3.63, 3.8) is 0 Å². The van der Waals surface area contributed by atoms with Crippen LogP contribution in [0.1, 0.15) is 33.1 Å². The second-order valence-electron chi connectivity index (χ2n) is 4.67. The van der Waals surface area contributed by atoms with Gasteiger partial charge in [0.15, 0.2) is 0 Å². The maximum absolute atomic E-state index is 11.9. The summed E-state index contributed by atoms with van der Waals surface area (Å²) in [5.74, 6) is -1.02. The van der Waals surface area contributed by atoms with Crippen molar-refractivity contribution in [3.05, 3.63) is 0 Å². The Hall–Kier alpha value is -0.660. The van der Waals surface area contributed by atoms with E-state index in [9.17, 15) is 13.2 Å². The molecule has 0 saturated carbocycles. The Balaban J connectivity index is 2.67. The van der Waals surface area contributed by atoms with Gasteiger partial charge in [0, 0.05) is 18.6 Å². The molecule has 2 N–H and O–H groups in total. The standard InChI is InChI=1S/C9H18N2O4S/c1-9(2,7-8(12)13)10-16(14,15)11-5-3-4-6-11/h10H,3-7H2,1-2H3,(H,12,13). The van der Waals surface area contributed by atoms with Crippen molar-refractivity contribution < 1.29 is 18.3 Å². The molecule has 94 valence electrons. The summed E-state index contributed by atoms with van der Waals surface area (Å²) in [6, 6.07) is 0. The fraction of sp³-hybridized carbons (Fsp3) is 0.889. The van der Waals surface area contributed by atoms with Gasteiger partial charge in [-0.3, -0.25) is 4.79 Å². The van der Waals surface area contributed by atoms with E-state index < -0.39 is 21.7 Å². The summed E-state index contributed by atoms with van der Waals surface area (Å²) < 4.78 is 27.5. The average Bonchev–Trinajstić information content (AvgIpc) is 2.48. The van der Waals surface area contributed by atoms with E-state index in [-0.39, 0.29) is 6.42 Å². The van der Waals surface area contributed by atoms with Crippen LogP contribution in [0.4, 0.5) is 0 Å². The lowest BCUT2D eigenvalue weighted by Gasteiger charge is -2.27. The summed E-state index contributed by atoms with van der Waals surface area (Å²) in [5, 5.41) is 8.66. The highest BCUT2D eigenvalue weighted by Crippen LogP contribution is 2.16. The van der Waals surface area contributed by atoms with Gasteiger partial charge in [-0.2, -0.15) is 17.4 Å². The molecule has 16 heavy (non-hydrogen) atoms. The molecule has 1 aliphatic heterocycles. The quantitative estimate of drug-likeness (QED) is 0.728. The number of nitrogens with one attached hydrogen (secondary N) is 1. The van der Waals surface area contributed by atoms with Crippen LogP contribution in [-0.2, 0) is 15.0 Å². The van der Waals surface area contributed by atoms with Crippen LogP contribution in [0.15, 0.2) is 0 Å². The summed E-state index contributed by atoms with van der Waals surface area (Å²) in [7, 11) is -3.54. The molecule has 1 aliphatic rings. The molecule has 0 aromatic carbocycles. The molecule has 0 radical (unpaired) electrons. The lowest BCUT2D eigenvalue weighted by Crippen LogP contribution is -2.50. The monoisotopic (exact) mass is 250 g/mol. The SMILES string of the molecule is CC(C)(CC(=O)O)NS(=O)(=O)N1CCCC1. The molecule has 1 fully saturated rings. The predicted octanol–water partition coefficient (Wildman–Crippen LogP) is 0.170. The zero-order valence-electron chi connectivity index (χ0n) is 9.56. The maximum Gasteiger partial charge on any atom is 0.305 e. The van der Waals surface area contributed by atoms with Crippen LogP contribution in [0, 0.1) is 0 Å². The largest absolute Gasteiger partial charge is 0.481 e. The molecule has 0 aromatic rings. The average molecular weight is 250 g/mol. The van der Waals surface area contributed by atoms with Crippen LogP contribution in [0.25, 0.3) is 0 Å². The molecule has 0 amide bonds. The van der Waals surface area contributed by atoms with E-state index >= 15 is 0 Å². The van der Waals surface area contributed by atoms with Gasteiger partial charge in [0.1, 0.15) is 0 Å². The molecular weight excluding hydrogens is 232 g/mol. The summed E-state index contributed by atoms with van der Waals surface area (Å²) in [5.41, 5.74) is -0.965. The van der Waals surface area contributed by atoms with Gasteiger partial charge >= 0.3 is 5.97 Å². The van der Waals surface area contributed by atoms with E-state index in [0.29, 0.717) is 13.1 Å². The Labute approximate surface area is 95.8 Å². The maximum atomic E-state index is 11.9. The molecule has 0 aromatic heterocycles. The van der Waals surface area contributed by atoms with E-state index in [2.05, 4.69) is 4.72 Å². The summed E-state index contributed by atoms with van der Waals surface area (Å²) in [4.78, 5) is 10.6. The number of rotatable bonds is 5. The first-order chi connectivity index (χ1) is 7.23. The van der Waals surface area contributed by atoms with Crippen LogP contribution in [0.2, 0.25) is 0 Å². The van der Waals surface area contributed by atoms with Crippen molar-refractivity contribution in [1.29, 1.82) is 0 Å². The van der Waals surface area contributed by atoms with Crippen LogP contribution in [0.5, 0.6) is 0 Å². The second kappa shape index (κ2) is 4.68. The van der Waals surface area contributed by atoms with Crippen molar-refractivity contribution in [2.75, 3.05) is 13.1 Å². The second-order valence-corrected chi connectivity index (χ2v) is 6.34. The fourth-order valence-electron chi connectivity index (χ4n) is 1.76. The molecule has 1 heterocycles. The molecule has 0 bridgehead atoms. The van der Waals surface area contributed by atoms with Crippen molar-refractivity contribution in [1.82, 2.24) is 9.03 Å². The number of carbonyl (C=O) groups is 1. The van der Waals surface area contributed by atoms with Crippen LogP contribution in [0.3, 0.4) is 0 Å². The van der Waals surface area contributed by atoms with E-state index in [0.717, 1.165) is 12.8 Å². The Morgan fingerprint density at radius 2 is 1.88 bits per heavy atom. The molecule has 7 heteroatoms. The third-order valence-corrected chi connectivity index (χ3v) is 4.26. The summed E-state index contributed by atoms with van der Waals surface area (Å²) >= 11 is 0. The van der Waals surface area contributed by atoms with E-state index in [4.69, 9.17) is 5.11 Å². The van der Waals surface area contributed by atoms with Crippen molar-refractivity contribution in [2.24, 2.45) is 0 Å². The van der Waals surface area contributed by atoms with Crippen molar-refractivity contribution in [3.8, 4) is 0 Å². The minimum atomic E-state index is -3.54. The van der Waals surface area contributed by atoms with Crippen LogP contribution >= 0.6 is 0 Å². The molecule has 0 atom stereocenters. The Bertz CT molecular complexity index is 358. The molecule has 1 rings (SSSR count). The Morgan fingerprint density at radius 1 is 1.38 bits per heavy atom. The lowest BCUT2D eigenvalue weighted by atomic mass is 10.0. The fourth-order valence-corrected chi connectivity index (χ4v) is 3.39. The Kier molecular flexibility index (Phi) is 3.92. The molecule has 0 spiro atoms. The van der Waals surface area contributed by atoms with Crippen LogP contribution < -0.4 is 4.72 Å². The number of carboxylic acids is 1. The highest BCUT2D eigenvalue weighted by atomic mass is 32.2. The minimum Gasteiger partial charge on any atom is -0.481 e. The zero-order valence-corrected chi connectivity index (χ0v) is 10.4. The first-order valence-electron chi connectivity index (χ1n) is 5.24. The van der Waals surface area contributed by atoms with Gasteiger partial charge in [-0.15, -0.1) is 0 Å². The number of nitrogens with zero attached hydrogens (tertiary/aromatic N) is 1. The normalized spacial score (nSPS) is 18.9. The van der Waals surface area contributed by atoms with E-state index in [1.165, 1.54) is 4.31 Å². The zero-order chi connectivity index (χ0) is 12.4. The van der Waals surface area contributed by atoms with Gasteiger partial charge < -0.3 is 5.11 Å². The van der Waals surface area contributed by atoms with E-state index in [1.807, 2.05) is 0 Å². The van der Waals surface area contributed by atoms with Gasteiger partial charge in [0.2, 0.25) is 0 Å². The topological polar surface area (TPSA) is 86.7 Å². The van der Waals surface area contributed by atoms with Crippen LogP contribution in [-0.4, -0.2) is 42.4 Å². The molecular formula is C9H18N2O4S. The lowest BCUT2D eigenvalue weighted by molar-refractivity contribution is -0.138. The molecule has 0 aliphatic carbocycles. The predicted molar refractivity (Wildman–Crippen MR) is 59.2 cm³/mol. The number of hydrogen-bond donors (Lipinski definition) is 2.